The van der Waals surface area contributed by atoms with E-state index in [1.165, 1.54) is 12.1 Å². The predicted molar refractivity (Wildman–Crippen MR) is 57.9 cm³/mol. The molecule has 18 heavy (non-hydrogen) atoms. The van der Waals surface area contributed by atoms with E-state index in [-0.39, 0.29) is 12.1 Å². The minimum Gasteiger partial charge on any atom is -0.478 e. The van der Waals surface area contributed by atoms with E-state index >= 15 is 0 Å². The fraction of sp³-hybridized carbons (Fsp3) is 0.200. The number of nitrogens with zero attached hydrogens (tertiary/aromatic N) is 1. The summed E-state index contributed by atoms with van der Waals surface area (Å²) in [6.45, 7) is -0.215. The number of hydrogen-bond acceptors (Lipinski definition) is 4. The molecule has 0 heterocycles. The third kappa shape index (κ3) is 3.15. The van der Waals surface area contributed by atoms with Gasteiger partial charge in [0.15, 0.2) is 0 Å². The Kier molecular flexibility index (Phi) is 4.21. The Morgan fingerprint density at radius 2 is 2.11 bits per heavy atom. The van der Waals surface area contributed by atoms with E-state index in [9.17, 15) is 18.0 Å². The molecule has 0 aromatic heterocycles. The fourth-order valence-electron chi connectivity index (χ4n) is 1.31. The highest BCUT2D eigenvalue weighted by atomic mass is 32.2. The molecule has 4 nitrogen and oxygen atoms in total. The highest BCUT2D eigenvalue weighted by Gasteiger charge is 2.33. The lowest BCUT2D eigenvalue weighted by Gasteiger charge is -2.13. The van der Waals surface area contributed by atoms with Crippen LogP contribution < -0.4 is 5.73 Å². The maximum Gasteiger partial charge on any atom is 0.446 e. The van der Waals surface area contributed by atoms with Crippen molar-refractivity contribution < 1.29 is 23.1 Å². The van der Waals surface area contributed by atoms with E-state index in [4.69, 9.17) is 16.1 Å². The lowest BCUT2D eigenvalue weighted by molar-refractivity contribution is -0.0328. The van der Waals surface area contributed by atoms with Crippen molar-refractivity contribution in [2.45, 2.75) is 16.9 Å². The summed E-state index contributed by atoms with van der Waals surface area (Å²) in [7, 11) is 0. The van der Waals surface area contributed by atoms with Crippen LogP contribution in [0.4, 0.5) is 13.2 Å². The number of carbonyl (C=O) groups is 1. The monoisotopic (exact) mass is 276 g/mol. The quantitative estimate of drug-likeness (QED) is 0.827. The average molecular weight is 276 g/mol. The Labute approximate surface area is 104 Å². The first-order chi connectivity index (χ1) is 8.30. The maximum atomic E-state index is 12.4. The minimum absolute atomic E-state index is 0.0823. The highest BCUT2D eigenvalue weighted by Crippen LogP contribution is 2.41. The van der Waals surface area contributed by atoms with Gasteiger partial charge in [0.1, 0.15) is 6.07 Å². The zero-order valence-electron chi connectivity index (χ0n) is 8.78. The Morgan fingerprint density at radius 3 is 2.50 bits per heavy atom. The number of nitriles is 1. The van der Waals surface area contributed by atoms with Crippen molar-refractivity contribution >= 4 is 17.7 Å². The van der Waals surface area contributed by atoms with Gasteiger partial charge >= 0.3 is 11.5 Å². The van der Waals surface area contributed by atoms with Crippen LogP contribution >= 0.6 is 11.8 Å². The Morgan fingerprint density at radius 1 is 1.50 bits per heavy atom. The molecule has 0 bridgehead atoms. The van der Waals surface area contributed by atoms with Crippen molar-refractivity contribution in [1.29, 1.82) is 5.26 Å². The van der Waals surface area contributed by atoms with Crippen LogP contribution in [0, 0.1) is 11.3 Å². The van der Waals surface area contributed by atoms with Gasteiger partial charge in [0.05, 0.1) is 11.1 Å². The molecule has 1 aromatic rings. The molecular weight excluding hydrogens is 269 g/mol. The second kappa shape index (κ2) is 5.29. The molecule has 1 rings (SSSR count). The molecule has 0 atom stereocenters. The Balaban J connectivity index is 3.48. The molecule has 3 N–H and O–H groups in total. The van der Waals surface area contributed by atoms with Gasteiger partial charge in [0.25, 0.3) is 0 Å². The van der Waals surface area contributed by atoms with Crippen LogP contribution in [0.1, 0.15) is 21.5 Å². The fourth-order valence-corrected chi connectivity index (χ4v) is 2.08. The van der Waals surface area contributed by atoms with Gasteiger partial charge in [-0.1, -0.05) is 6.07 Å². The van der Waals surface area contributed by atoms with Crippen molar-refractivity contribution in [1.82, 2.24) is 0 Å². The number of halogens is 3. The Hall–Kier alpha value is -1.72. The first-order valence-electron chi connectivity index (χ1n) is 4.55. The van der Waals surface area contributed by atoms with E-state index in [1.54, 1.807) is 0 Å². The summed E-state index contributed by atoms with van der Waals surface area (Å²) < 4.78 is 37.1. The normalized spacial score (nSPS) is 11.1. The molecule has 96 valence electrons. The molecule has 0 amide bonds. The van der Waals surface area contributed by atoms with Crippen LogP contribution in [0.5, 0.6) is 0 Å². The first kappa shape index (κ1) is 14.3. The number of hydrogen-bond donors (Lipinski definition) is 2. The standard InChI is InChI=1S/C10H7F3N2O2S/c11-10(12,13)18-8-5(3-14)1-2-6(9(16)17)7(8)4-15/h1-2H,3,14H2,(H,16,17). The van der Waals surface area contributed by atoms with Gasteiger partial charge in [-0.2, -0.15) is 18.4 Å². The summed E-state index contributed by atoms with van der Waals surface area (Å²) in [5.41, 5.74) is -0.246. The van der Waals surface area contributed by atoms with E-state index in [0.717, 1.165) is 6.07 Å². The van der Waals surface area contributed by atoms with Crippen molar-refractivity contribution in [2.75, 3.05) is 0 Å². The molecule has 0 unspecified atom stereocenters. The first-order valence-corrected chi connectivity index (χ1v) is 5.37. The Bertz CT molecular complexity index is 523. The van der Waals surface area contributed by atoms with Crippen LogP contribution in [-0.2, 0) is 6.54 Å². The van der Waals surface area contributed by atoms with Gasteiger partial charge in [0.2, 0.25) is 0 Å². The topological polar surface area (TPSA) is 87.1 Å². The predicted octanol–water partition coefficient (Wildman–Crippen LogP) is 2.33. The van der Waals surface area contributed by atoms with Crippen molar-refractivity contribution in [3.63, 3.8) is 0 Å². The smallest absolute Gasteiger partial charge is 0.446 e. The molecule has 0 aliphatic heterocycles. The van der Waals surface area contributed by atoms with E-state index in [0.29, 0.717) is 0 Å². The number of benzene rings is 1. The molecule has 0 aliphatic carbocycles. The molecule has 0 aliphatic rings. The second-order valence-corrected chi connectivity index (χ2v) is 4.22. The van der Waals surface area contributed by atoms with Gasteiger partial charge in [-0.25, -0.2) is 4.79 Å². The molecule has 0 radical (unpaired) electrons. The van der Waals surface area contributed by atoms with Gasteiger partial charge in [-0.3, -0.25) is 0 Å². The lowest BCUT2D eigenvalue weighted by Crippen LogP contribution is -2.09. The van der Waals surface area contributed by atoms with E-state index in [2.05, 4.69) is 0 Å². The molecule has 0 saturated carbocycles. The highest BCUT2D eigenvalue weighted by molar-refractivity contribution is 8.00. The second-order valence-electron chi connectivity index (χ2n) is 3.15. The van der Waals surface area contributed by atoms with Crippen LogP contribution in [-0.4, -0.2) is 16.6 Å². The minimum atomic E-state index is -4.62. The third-order valence-corrected chi connectivity index (χ3v) is 2.92. The maximum absolute atomic E-state index is 12.4. The van der Waals surface area contributed by atoms with Crippen LogP contribution in [0.25, 0.3) is 0 Å². The SMILES string of the molecule is N#Cc1c(C(=O)O)ccc(CN)c1SC(F)(F)F. The zero-order valence-corrected chi connectivity index (χ0v) is 9.60. The third-order valence-electron chi connectivity index (χ3n) is 2.02. The summed E-state index contributed by atoms with van der Waals surface area (Å²) >= 11 is -0.531. The lowest BCUT2D eigenvalue weighted by atomic mass is 10.0. The van der Waals surface area contributed by atoms with Gasteiger partial charge < -0.3 is 10.8 Å². The van der Waals surface area contributed by atoms with Gasteiger partial charge in [-0.15, -0.1) is 0 Å². The van der Waals surface area contributed by atoms with Crippen LogP contribution in [0.3, 0.4) is 0 Å². The number of carboxylic acid groups (broad SMARTS) is 1. The number of aromatic carboxylic acids is 1. The van der Waals surface area contributed by atoms with Crippen LogP contribution in [0.2, 0.25) is 0 Å². The summed E-state index contributed by atoms with van der Waals surface area (Å²) in [6, 6.07) is 3.74. The van der Waals surface area contributed by atoms with E-state index < -0.39 is 39.3 Å². The number of carboxylic acids is 1. The number of rotatable bonds is 3. The van der Waals surface area contributed by atoms with Gasteiger partial charge in [0, 0.05) is 11.4 Å². The number of nitrogens with two attached hydrogens (primary N) is 1. The summed E-state index contributed by atoms with van der Waals surface area (Å²) in [6.07, 6.45) is 0. The van der Waals surface area contributed by atoms with E-state index in [1.807, 2.05) is 0 Å². The molecular formula is C10H7F3N2O2S. The summed E-state index contributed by atoms with van der Waals surface area (Å²) in [5, 5.41) is 17.6. The zero-order chi connectivity index (χ0) is 13.9. The van der Waals surface area contributed by atoms with Crippen LogP contribution in [0.15, 0.2) is 17.0 Å². The molecule has 0 spiro atoms. The molecule has 1 aromatic carbocycles. The average Bonchev–Trinajstić information content (AvgIpc) is 2.26. The van der Waals surface area contributed by atoms with Crippen molar-refractivity contribution in [2.24, 2.45) is 5.73 Å². The van der Waals surface area contributed by atoms with Gasteiger partial charge in [-0.05, 0) is 23.4 Å². The van der Waals surface area contributed by atoms with Crippen molar-refractivity contribution in [3.8, 4) is 6.07 Å². The number of alkyl halides is 3. The molecule has 0 saturated heterocycles. The summed E-state index contributed by atoms with van der Waals surface area (Å²) in [4.78, 5) is 10.4. The largest absolute Gasteiger partial charge is 0.478 e. The molecule has 8 heteroatoms. The number of thioether (sulfide) groups is 1. The summed E-state index contributed by atoms with van der Waals surface area (Å²) in [5.74, 6) is -1.46. The molecule has 0 fully saturated rings. The van der Waals surface area contributed by atoms with Crippen molar-refractivity contribution in [3.05, 3.63) is 28.8 Å².